The van der Waals surface area contributed by atoms with Crippen molar-refractivity contribution >= 4 is 17.2 Å². The summed E-state index contributed by atoms with van der Waals surface area (Å²) in [7, 11) is 0. The van der Waals surface area contributed by atoms with Crippen LogP contribution in [0.15, 0.2) is 60.1 Å². The highest BCUT2D eigenvalue weighted by molar-refractivity contribution is 7.10. The lowest BCUT2D eigenvalue weighted by Gasteiger charge is -2.05. The molecule has 0 atom stereocenters. The van der Waals surface area contributed by atoms with Crippen LogP contribution in [-0.2, 0) is 17.6 Å². The van der Waals surface area contributed by atoms with E-state index in [0.29, 0.717) is 19.4 Å². The average molecular weight is 323 g/mol. The van der Waals surface area contributed by atoms with E-state index < -0.39 is 0 Å². The Morgan fingerprint density at radius 2 is 1.96 bits per heavy atom. The Bertz CT molecular complexity index is 757. The van der Waals surface area contributed by atoms with Crippen LogP contribution in [0.25, 0.3) is 11.3 Å². The number of hydrogen-bond acceptors (Lipinski definition) is 4. The van der Waals surface area contributed by atoms with E-state index in [0.717, 1.165) is 22.0 Å². The first-order chi connectivity index (χ1) is 11.3. The molecule has 1 N–H and O–H groups in total. The van der Waals surface area contributed by atoms with Gasteiger partial charge in [0.05, 0.1) is 12.1 Å². The molecule has 0 spiro atoms. The summed E-state index contributed by atoms with van der Waals surface area (Å²) in [6, 6.07) is 15.8. The van der Waals surface area contributed by atoms with Crippen LogP contribution in [0.1, 0.15) is 10.7 Å². The second-order valence-electron chi connectivity index (χ2n) is 5.08. The number of rotatable bonds is 6. The smallest absolute Gasteiger partial charge is 0.225 e. The van der Waals surface area contributed by atoms with Gasteiger partial charge in [0.2, 0.25) is 5.91 Å². The monoisotopic (exact) mass is 323 g/mol. The number of nitrogens with one attached hydrogen (secondary N) is 1. The molecule has 23 heavy (non-hydrogen) atoms. The molecule has 2 aromatic heterocycles. The molecule has 3 aromatic rings. The molecule has 0 fully saturated rings. The van der Waals surface area contributed by atoms with Gasteiger partial charge in [-0.3, -0.25) is 4.79 Å². The molecule has 0 aliphatic heterocycles. The molecule has 3 rings (SSSR count). The van der Waals surface area contributed by atoms with Crippen LogP contribution in [-0.4, -0.2) is 22.4 Å². The van der Waals surface area contributed by atoms with Crippen molar-refractivity contribution in [3.63, 3.8) is 0 Å². The van der Waals surface area contributed by atoms with Crippen LogP contribution >= 0.6 is 11.3 Å². The number of aromatic nitrogens is 2. The minimum atomic E-state index is 0.0339. The van der Waals surface area contributed by atoms with Gasteiger partial charge >= 0.3 is 0 Å². The Kier molecular flexibility index (Phi) is 5.11. The van der Waals surface area contributed by atoms with Gasteiger partial charge in [0.15, 0.2) is 0 Å². The molecular weight excluding hydrogens is 306 g/mol. The van der Waals surface area contributed by atoms with E-state index in [1.54, 1.807) is 17.5 Å². The molecule has 116 valence electrons. The fraction of sp³-hybridized carbons (Fsp3) is 0.167. The van der Waals surface area contributed by atoms with Crippen molar-refractivity contribution in [1.29, 1.82) is 0 Å². The van der Waals surface area contributed by atoms with E-state index >= 15 is 0 Å². The van der Waals surface area contributed by atoms with Crippen molar-refractivity contribution in [2.24, 2.45) is 0 Å². The van der Waals surface area contributed by atoms with Gasteiger partial charge < -0.3 is 5.32 Å². The molecule has 0 unspecified atom stereocenters. The molecule has 0 saturated heterocycles. The number of nitrogens with zero attached hydrogens (tertiary/aromatic N) is 2. The third-order valence-electron chi connectivity index (χ3n) is 3.36. The zero-order chi connectivity index (χ0) is 15.9. The maximum Gasteiger partial charge on any atom is 0.225 e. The van der Waals surface area contributed by atoms with E-state index in [-0.39, 0.29) is 5.91 Å². The van der Waals surface area contributed by atoms with E-state index in [1.807, 2.05) is 53.9 Å². The Labute approximate surface area is 139 Å². The summed E-state index contributed by atoms with van der Waals surface area (Å²) >= 11 is 1.60. The number of thiophene rings is 1. The predicted molar refractivity (Wildman–Crippen MR) is 92.2 cm³/mol. The predicted octanol–water partition coefficient (Wildman–Crippen LogP) is 3.11. The molecular formula is C18H17N3OS. The second-order valence-corrected chi connectivity index (χ2v) is 6.11. The molecule has 4 nitrogen and oxygen atoms in total. The summed E-state index contributed by atoms with van der Waals surface area (Å²) in [5, 5.41) is 4.89. The number of carbonyl (C=O) groups is 1. The lowest BCUT2D eigenvalue weighted by molar-refractivity contribution is -0.120. The number of benzene rings is 1. The molecule has 0 radical (unpaired) electrons. The Balaban J connectivity index is 1.53. The van der Waals surface area contributed by atoms with Crippen LogP contribution in [0.4, 0.5) is 0 Å². The van der Waals surface area contributed by atoms with Crippen LogP contribution in [0, 0.1) is 0 Å². The van der Waals surface area contributed by atoms with Gasteiger partial charge in [0, 0.05) is 29.6 Å². The van der Waals surface area contributed by atoms with Gasteiger partial charge in [-0.2, -0.15) is 0 Å². The summed E-state index contributed by atoms with van der Waals surface area (Å²) in [6.45, 7) is 0.544. The lowest BCUT2D eigenvalue weighted by atomic mass is 10.1. The van der Waals surface area contributed by atoms with Crippen LogP contribution in [0.2, 0.25) is 0 Å². The Morgan fingerprint density at radius 3 is 2.74 bits per heavy atom. The minimum absolute atomic E-state index is 0.0339. The van der Waals surface area contributed by atoms with Crippen molar-refractivity contribution in [2.45, 2.75) is 12.8 Å². The van der Waals surface area contributed by atoms with Gasteiger partial charge in [-0.15, -0.1) is 11.3 Å². The number of amides is 1. The van der Waals surface area contributed by atoms with E-state index in [9.17, 15) is 4.79 Å². The lowest BCUT2D eigenvalue weighted by Crippen LogP contribution is -2.27. The summed E-state index contributed by atoms with van der Waals surface area (Å²) in [4.78, 5) is 21.8. The molecule has 5 heteroatoms. The zero-order valence-corrected chi connectivity index (χ0v) is 13.4. The third kappa shape index (κ3) is 4.47. The summed E-state index contributed by atoms with van der Waals surface area (Å²) in [5.74, 6) is 0.773. The standard InChI is InChI=1S/C18H17N3OS/c22-18(13-15-7-4-12-23-15)20-11-9-17-19-10-8-16(21-17)14-5-2-1-3-6-14/h1-8,10,12H,9,11,13H2,(H,20,22). The van der Waals surface area contributed by atoms with Crippen LogP contribution in [0.5, 0.6) is 0 Å². The summed E-state index contributed by atoms with van der Waals surface area (Å²) in [6.07, 6.45) is 2.82. The number of carbonyl (C=O) groups excluding carboxylic acids is 1. The van der Waals surface area contributed by atoms with E-state index in [2.05, 4.69) is 15.3 Å². The minimum Gasteiger partial charge on any atom is -0.355 e. The van der Waals surface area contributed by atoms with Crippen LogP contribution < -0.4 is 5.32 Å². The van der Waals surface area contributed by atoms with Crippen molar-refractivity contribution < 1.29 is 4.79 Å². The normalized spacial score (nSPS) is 10.4. The highest BCUT2D eigenvalue weighted by Crippen LogP contribution is 2.15. The van der Waals surface area contributed by atoms with Crippen LogP contribution in [0.3, 0.4) is 0 Å². The summed E-state index contributed by atoms with van der Waals surface area (Å²) in [5.41, 5.74) is 1.97. The summed E-state index contributed by atoms with van der Waals surface area (Å²) < 4.78 is 0. The molecule has 0 aliphatic rings. The van der Waals surface area contributed by atoms with Gasteiger partial charge in [0.1, 0.15) is 5.82 Å². The van der Waals surface area contributed by atoms with Gasteiger partial charge in [-0.1, -0.05) is 36.4 Å². The maximum atomic E-state index is 11.8. The zero-order valence-electron chi connectivity index (χ0n) is 12.6. The maximum absolute atomic E-state index is 11.8. The van der Waals surface area contributed by atoms with Gasteiger partial charge in [-0.05, 0) is 17.5 Å². The first-order valence-corrected chi connectivity index (χ1v) is 8.35. The topological polar surface area (TPSA) is 54.9 Å². The fourth-order valence-electron chi connectivity index (χ4n) is 2.24. The largest absolute Gasteiger partial charge is 0.355 e. The molecule has 0 saturated carbocycles. The SMILES string of the molecule is O=C(Cc1cccs1)NCCc1nccc(-c2ccccc2)n1. The van der Waals surface area contributed by atoms with Crippen molar-refractivity contribution in [3.05, 3.63) is 70.8 Å². The van der Waals surface area contributed by atoms with Crippen molar-refractivity contribution in [1.82, 2.24) is 15.3 Å². The molecule has 2 heterocycles. The molecule has 0 bridgehead atoms. The van der Waals surface area contributed by atoms with E-state index in [4.69, 9.17) is 0 Å². The second kappa shape index (κ2) is 7.65. The first-order valence-electron chi connectivity index (χ1n) is 7.48. The highest BCUT2D eigenvalue weighted by Gasteiger charge is 2.05. The van der Waals surface area contributed by atoms with Gasteiger partial charge in [-0.25, -0.2) is 9.97 Å². The Hall–Kier alpha value is -2.53. The molecule has 0 aliphatic carbocycles. The van der Waals surface area contributed by atoms with Gasteiger partial charge in [0.25, 0.3) is 0 Å². The fourth-order valence-corrected chi connectivity index (χ4v) is 2.94. The molecule has 1 aromatic carbocycles. The average Bonchev–Trinajstić information content (AvgIpc) is 3.09. The van der Waals surface area contributed by atoms with E-state index in [1.165, 1.54) is 0 Å². The van der Waals surface area contributed by atoms with Crippen molar-refractivity contribution in [3.8, 4) is 11.3 Å². The first kappa shape index (κ1) is 15.4. The third-order valence-corrected chi connectivity index (χ3v) is 4.24. The number of hydrogen-bond donors (Lipinski definition) is 1. The molecule has 1 amide bonds. The Morgan fingerprint density at radius 1 is 1.09 bits per heavy atom. The quantitative estimate of drug-likeness (QED) is 0.758. The highest BCUT2D eigenvalue weighted by atomic mass is 32.1. The van der Waals surface area contributed by atoms with Crippen molar-refractivity contribution in [2.75, 3.05) is 6.54 Å².